The molecule has 2 amide bonds. The van der Waals surface area contributed by atoms with Crippen molar-refractivity contribution in [3.8, 4) is 5.75 Å². The summed E-state index contributed by atoms with van der Waals surface area (Å²) in [6.07, 6.45) is 0. The van der Waals surface area contributed by atoms with Gasteiger partial charge in [0.15, 0.2) is 5.78 Å². The fourth-order valence-corrected chi connectivity index (χ4v) is 5.61. The van der Waals surface area contributed by atoms with Gasteiger partial charge in [0.2, 0.25) is 0 Å². The Kier molecular flexibility index (Phi) is 7.83. The monoisotopic (exact) mass is 552 g/mol. The van der Waals surface area contributed by atoms with E-state index >= 15 is 0 Å². The number of carboxylic acids is 1. The van der Waals surface area contributed by atoms with E-state index in [9.17, 15) is 23.9 Å². The molecule has 4 aromatic carbocycles. The zero-order valence-corrected chi connectivity index (χ0v) is 22.5. The molecule has 5 rings (SSSR count). The number of hydrogen-bond acceptors (Lipinski definition) is 4. The number of amides is 2. The fourth-order valence-electron chi connectivity index (χ4n) is 5.61. The summed E-state index contributed by atoms with van der Waals surface area (Å²) in [5, 5.41) is 13.3. The van der Waals surface area contributed by atoms with Crippen LogP contribution in [0, 0.1) is 18.7 Å². The van der Waals surface area contributed by atoms with Crippen LogP contribution in [-0.4, -0.2) is 40.9 Å². The van der Waals surface area contributed by atoms with E-state index in [1.807, 2.05) is 37.3 Å². The van der Waals surface area contributed by atoms with Crippen molar-refractivity contribution in [1.82, 2.24) is 4.90 Å². The zero-order valence-electron chi connectivity index (χ0n) is 22.5. The highest BCUT2D eigenvalue weighted by Gasteiger charge is 2.57. The van der Waals surface area contributed by atoms with Gasteiger partial charge in [0.05, 0.1) is 19.1 Å². The minimum absolute atomic E-state index is 0.296. The van der Waals surface area contributed by atoms with Gasteiger partial charge in [-0.15, -0.1) is 0 Å². The number of benzene rings is 4. The smallest absolute Gasteiger partial charge is 0.327 e. The first-order valence-corrected chi connectivity index (χ1v) is 13.2. The molecule has 1 aliphatic rings. The average Bonchev–Trinajstić information content (AvgIpc) is 3.35. The second kappa shape index (κ2) is 11.6. The molecule has 1 saturated heterocycles. The molecule has 0 bridgehead atoms. The summed E-state index contributed by atoms with van der Waals surface area (Å²) in [4.78, 5) is 42.6. The van der Waals surface area contributed by atoms with Crippen molar-refractivity contribution in [3.63, 3.8) is 0 Å². The van der Waals surface area contributed by atoms with Crippen molar-refractivity contribution in [2.24, 2.45) is 5.92 Å². The van der Waals surface area contributed by atoms with E-state index in [1.54, 1.807) is 48.5 Å². The second-order valence-electron chi connectivity index (χ2n) is 10.0. The van der Waals surface area contributed by atoms with Gasteiger partial charge in [-0.2, -0.15) is 0 Å². The first-order chi connectivity index (χ1) is 19.8. The molecule has 0 saturated carbocycles. The molecule has 4 atom stereocenters. The summed E-state index contributed by atoms with van der Waals surface area (Å²) in [6, 6.07) is 25.1. The molecule has 0 aromatic heterocycles. The number of nitrogens with zero attached hydrogens (tertiary/aromatic N) is 1. The molecule has 1 heterocycles. The number of hydrogen-bond donors (Lipinski definition) is 2. The van der Waals surface area contributed by atoms with Crippen molar-refractivity contribution >= 4 is 23.5 Å². The number of aliphatic carboxylic acids is 1. The summed E-state index contributed by atoms with van der Waals surface area (Å²) in [5.41, 5.74) is 2.90. The molecule has 4 unspecified atom stereocenters. The maximum Gasteiger partial charge on any atom is 0.327 e. The van der Waals surface area contributed by atoms with Crippen molar-refractivity contribution < 1.29 is 28.6 Å². The predicted molar refractivity (Wildman–Crippen MR) is 153 cm³/mol. The average molecular weight is 553 g/mol. The number of halogens is 1. The van der Waals surface area contributed by atoms with Crippen LogP contribution in [-0.2, 0) is 4.79 Å². The number of carboxylic acid groups (broad SMARTS) is 1. The van der Waals surface area contributed by atoms with E-state index in [1.165, 1.54) is 36.3 Å². The molecule has 8 heteroatoms. The minimum Gasteiger partial charge on any atom is -0.497 e. The lowest BCUT2D eigenvalue weighted by atomic mass is 9.76. The Morgan fingerprint density at radius 2 is 1.46 bits per heavy atom. The quantitative estimate of drug-likeness (QED) is 0.256. The van der Waals surface area contributed by atoms with Gasteiger partial charge < -0.3 is 20.1 Å². The highest BCUT2D eigenvalue weighted by molar-refractivity contribution is 6.02. The van der Waals surface area contributed by atoms with Crippen molar-refractivity contribution in [3.05, 3.63) is 131 Å². The van der Waals surface area contributed by atoms with Crippen LogP contribution < -0.4 is 10.1 Å². The number of ether oxygens (including phenoxy) is 1. The summed E-state index contributed by atoms with van der Waals surface area (Å²) in [6.45, 7) is 1.92. The molecule has 0 radical (unpaired) electrons. The maximum atomic E-state index is 14.4. The number of anilines is 1. The summed E-state index contributed by atoms with van der Waals surface area (Å²) < 4.78 is 18.8. The molecule has 41 heavy (non-hydrogen) atoms. The van der Waals surface area contributed by atoms with Crippen LogP contribution in [0.4, 0.5) is 14.9 Å². The number of nitrogens with one attached hydrogen (secondary N) is 1. The molecule has 7 nitrogen and oxygen atoms in total. The Balaban J connectivity index is 1.69. The first-order valence-electron chi connectivity index (χ1n) is 13.2. The Morgan fingerprint density at radius 3 is 2.05 bits per heavy atom. The number of Topliss-reactive ketones (excluding diaryl/α,β-unsaturated/α-hetero) is 1. The second-order valence-corrected chi connectivity index (χ2v) is 10.0. The zero-order chi connectivity index (χ0) is 29.1. The third-order valence-corrected chi connectivity index (χ3v) is 7.53. The Bertz CT molecular complexity index is 1540. The van der Waals surface area contributed by atoms with Crippen LogP contribution in [0.2, 0.25) is 0 Å². The number of urea groups is 1. The van der Waals surface area contributed by atoms with Crippen LogP contribution in [0.5, 0.6) is 5.75 Å². The number of methoxy groups -OCH3 is 1. The van der Waals surface area contributed by atoms with E-state index in [2.05, 4.69) is 5.32 Å². The van der Waals surface area contributed by atoms with Gasteiger partial charge in [-0.3, -0.25) is 4.79 Å². The summed E-state index contributed by atoms with van der Waals surface area (Å²) in [5.74, 6) is -3.24. The normalized spacial score (nSPS) is 19.9. The van der Waals surface area contributed by atoms with Gasteiger partial charge >= 0.3 is 12.0 Å². The number of rotatable bonds is 7. The van der Waals surface area contributed by atoms with Gasteiger partial charge in [0.25, 0.3) is 0 Å². The van der Waals surface area contributed by atoms with E-state index in [0.717, 1.165) is 5.56 Å². The first kappa shape index (κ1) is 27.6. The fraction of sp³-hybridized carbons (Fsp3) is 0.182. The Labute approximate surface area is 237 Å². The molecule has 1 aliphatic heterocycles. The van der Waals surface area contributed by atoms with Crippen molar-refractivity contribution in [2.45, 2.75) is 24.9 Å². The molecule has 0 aliphatic carbocycles. The third kappa shape index (κ3) is 5.54. The highest BCUT2D eigenvalue weighted by atomic mass is 19.1. The third-order valence-electron chi connectivity index (χ3n) is 7.53. The number of aryl methyl sites for hydroxylation is 1. The van der Waals surface area contributed by atoms with Crippen LogP contribution in [0.3, 0.4) is 0 Å². The minimum atomic E-state index is -1.38. The van der Waals surface area contributed by atoms with Crippen LogP contribution in [0.25, 0.3) is 0 Å². The van der Waals surface area contributed by atoms with Gasteiger partial charge in [-0.25, -0.2) is 14.0 Å². The molecule has 208 valence electrons. The van der Waals surface area contributed by atoms with E-state index in [-0.39, 0.29) is 5.78 Å². The predicted octanol–water partition coefficient (Wildman–Crippen LogP) is 6.47. The number of ketones is 1. The van der Waals surface area contributed by atoms with E-state index in [4.69, 9.17) is 4.74 Å². The number of carbonyl (C=O) groups is 3. The standard InChI is InChI=1S/C33H29FN2O5/c1-20-8-10-22(11-9-20)29-28(31(37)23-12-18-26(41-2)19-13-23)27(21-6-4-3-5-7-21)30(32(38)39)36(29)33(40)35-25-16-14-24(34)15-17-25/h3-19,27-30H,1-2H3,(H,35,40)(H,38,39). The topological polar surface area (TPSA) is 95.9 Å². The van der Waals surface area contributed by atoms with Gasteiger partial charge in [-0.1, -0.05) is 60.2 Å². The van der Waals surface area contributed by atoms with Crippen LogP contribution in [0.15, 0.2) is 103 Å². The van der Waals surface area contributed by atoms with Crippen LogP contribution in [0.1, 0.15) is 39.0 Å². The van der Waals surface area contributed by atoms with E-state index in [0.29, 0.717) is 28.1 Å². The Morgan fingerprint density at radius 1 is 0.829 bits per heavy atom. The lowest BCUT2D eigenvalue weighted by molar-refractivity contribution is -0.142. The maximum absolute atomic E-state index is 14.4. The Hall–Kier alpha value is -4.98. The summed E-state index contributed by atoms with van der Waals surface area (Å²) >= 11 is 0. The molecule has 4 aromatic rings. The molecular formula is C33H29FN2O5. The largest absolute Gasteiger partial charge is 0.497 e. The molecular weight excluding hydrogens is 523 g/mol. The van der Waals surface area contributed by atoms with Gasteiger partial charge in [0.1, 0.15) is 17.6 Å². The van der Waals surface area contributed by atoms with E-state index < -0.39 is 41.7 Å². The highest BCUT2D eigenvalue weighted by Crippen LogP contribution is 2.51. The SMILES string of the molecule is COc1ccc(C(=O)C2C(c3ccccc3)C(C(=O)O)N(C(=O)Nc3ccc(F)cc3)C2c2ccc(C)cc2)cc1. The number of carbonyl (C=O) groups excluding carboxylic acids is 2. The lowest BCUT2D eigenvalue weighted by Gasteiger charge is -2.30. The molecule has 2 N–H and O–H groups in total. The van der Waals surface area contributed by atoms with Gasteiger partial charge in [-0.05, 0) is 66.6 Å². The summed E-state index contributed by atoms with van der Waals surface area (Å²) in [7, 11) is 1.53. The van der Waals surface area contributed by atoms with Crippen molar-refractivity contribution in [2.75, 3.05) is 12.4 Å². The van der Waals surface area contributed by atoms with Crippen LogP contribution >= 0.6 is 0 Å². The number of likely N-dealkylation sites (tertiary alicyclic amines) is 1. The lowest BCUT2D eigenvalue weighted by Crippen LogP contribution is -2.45. The molecule has 1 fully saturated rings. The molecule has 0 spiro atoms. The van der Waals surface area contributed by atoms with Gasteiger partial charge in [0, 0.05) is 17.2 Å². The van der Waals surface area contributed by atoms with Crippen molar-refractivity contribution in [1.29, 1.82) is 0 Å².